The molecule has 4 rings (SSSR count). The molecule has 2 fully saturated rings. The normalized spacial score (nSPS) is 21.9. The van der Waals surface area contributed by atoms with E-state index in [2.05, 4.69) is 20.9 Å². The van der Waals surface area contributed by atoms with E-state index in [1.54, 1.807) is 0 Å². The minimum atomic E-state index is 0.0326. The van der Waals surface area contributed by atoms with Crippen LogP contribution < -0.4 is 5.32 Å². The van der Waals surface area contributed by atoms with E-state index in [1.165, 1.54) is 0 Å². The molecule has 0 saturated carbocycles. The topological polar surface area (TPSA) is 73.6 Å². The van der Waals surface area contributed by atoms with Gasteiger partial charge in [-0.3, -0.25) is 0 Å². The van der Waals surface area contributed by atoms with Gasteiger partial charge in [0.2, 0.25) is 0 Å². The summed E-state index contributed by atoms with van der Waals surface area (Å²) < 4.78 is 2.12. The largest absolute Gasteiger partial charge is 0.395 e. The molecule has 3 heterocycles. The van der Waals surface area contributed by atoms with E-state index in [-0.39, 0.29) is 24.7 Å². The maximum Gasteiger partial charge on any atom is 0.318 e. The number of carbonyl (C=O) groups excluding carboxylic acids is 1. The smallest absolute Gasteiger partial charge is 0.318 e. The first-order valence-electron chi connectivity index (χ1n) is 9.99. The SMILES string of the molecule is Cn1c([C@@H]2CCCN2C(=O)NC2CCN(CCO)CC2)nc2ccccc21. The number of piperidine rings is 1. The van der Waals surface area contributed by atoms with E-state index in [1.807, 2.05) is 30.1 Å². The summed E-state index contributed by atoms with van der Waals surface area (Å²) in [7, 11) is 2.04. The van der Waals surface area contributed by atoms with E-state index >= 15 is 0 Å². The molecule has 1 aromatic heterocycles. The molecule has 1 atom stereocenters. The fraction of sp³-hybridized carbons (Fsp3) is 0.600. The van der Waals surface area contributed by atoms with Gasteiger partial charge in [0.1, 0.15) is 5.82 Å². The summed E-state index contributed by atoms with van der Waals surface area (Å²) in [5.41, 5.74) is 2.09. The highest BCUT2D eigenvalue weighted by Gasteiger charge is 2.34. The number of aliphatic hydroxyl groups is 1. The lowest BCUT2D eigenvalue weighted by Crippen LogP contribution is -2.49. The molecule has 2 aliphatic rings. The molecule has 7 heteroatoms. The summed E-state index contributed by atoms with van der Waals surface area (Å²) in [6, 6.07) is 8.41. The van der Waals surface area contributed by atoms with Gasteiger partial charge in [-0.05, 0) is 37.8 Å². The van der Waals surface area contributed by atoms with Gasteiger partial charge in [-0.2, -0.15) is 0 Å². The van der Waals surface area contributed by atoms with Crippen molar-refractivity contribution in [2.75, 3.05) is 32.8 Å². The predicted octanol–water partition coefficient (Wildman–Crippen LogP) is 1.88. The molecule has 2 aliphatic heterocycles. The molecule has 0 unspecified atom stereocenters. The van der Waals surface area contributed by atoms with Crippen LogP contribution in [0, 0.1) is 0 Å². The summed E-state index contributed by atoms with van der Waals surface area (Å²) in [6.45, 7) is 3.56. The number of likely N-dealkylation sites (tertiary alicyclic amines) is 2. The van der Waals surface area contributed by atoms with Crippen molar-refractivity contribution in [3.8, 4) is 0 Å². The Bertz CT molecular complexity index is 797. The Labute approximate surface area is 160 Å². The van der Waals surface area contributed by atoms with Crippen LogP contribution in [0.3, 0.4) is 0 Å². The third-order valence-electron chi connectivity index (χ3n) is 5.96. The number of imidazole rings is 1. The number of aliphatic hydroxyl groups excluding tert-OH is 1. The van der Waals surface area contributed by atoms with Crippen LogP contribution in [0.1, 0.15) is 37.5 Å². The van der Waals surface area contributed by atoms with Crippen LogP contribution in [-0.2, 0) is 7.05 Å². The van der Waals surface area contributed by atoms with Crippen molar-refractivity contribution >= 4 is 17.1 Å². The number of hydrogen-bond acceptors (Lipinski definition) is 4. The minimum Gasteiger partial charge on any atom is -0.395 e. The summed E-state index contributed by atoms with van der Waals surface area (Å²) in [6.07, 6.45) is 3.85. The standard InChI is InChI=1S/C20H29N5O2/c1-23-17-6-3-2-5-16(17)22-19(23)18-7-4-10-25(18)20(27)21-15-8-11-24(12-9-15)13-14-26/h2-3,5-6,15,18,26H,4,7-14H2,1H3,(H,21,27)/t18-/m0/s1. The van der Waals surface area contributed by atoms with Gasteiger partial charge in [-0.15, -0.1) is 0 Å². The lowest BCUT2D eigenvalue weighted by Gasteiger charge is -2.33. The Morgan fingerprint density at radius 3 is 2.74 bits per heavy atom. The molecule has 27 heavy (non-hydrogen) atoms. The van der Waals surface area contributed by atoms with Crippen molar-refractivity contribution in [3.05, 3.63) is 30.1 Å². The summed E-state index contributed by atoms with van der Waals surface area (Å²) >= 11 is 0. The number of urea groups is 1. The molecular formula is C20H29N5O2. The van der Waals surface area contributed by atoms with E-state index in [0.29, 0.717) is 0 Å². The van der Waals surface area contributed by atoms with Crippen molar-refractivity contribution in [1.29, 1.82) is 0 Å². The van der Waals surface area contributed by atoms with Crippen LogP contribution >= 0.6 is 0 Å². The number of amides is 2. The molecule has 2 N–H and O–H groups in total. The zero-order valence-electron chi connectivity index (χ0n) is 16.0. The van der Waals surface area contributed by atoms with E-state index < -0.39 is 0 Å². The number of β-amino-alcohol motifs (C(OH)–C–C–N with tert-alkyl or cyclic N) is 1. The molecule has 0 aliphatic carbocycles. The number of aryl methyl sites for hydroxylation is 1. The summed E-state index contributed by atoms with van der Waals surface area (Å²) in [5.74, 6) is 0.974. The molecule has 1 aromatic carbocycles. The average molecular weight is 371 g/mol. The Hall–Kier alpha value is -2.12. The van der Waals surface area contributed by atoms with E-state index in [4.69, 9.17) is 10.1 Å². The first-order valence-corrected chi connectivity index (χ1v) is 9.99. The van der Waals surface area contributed by atoms with Gasteiger partial charge in [-0.1, -0.05) is 12.1 Å². The summed E-state index contributed by atoms with van der Waals surface area (Å²) in [4.78, 5) is 22.0. The predicted molar refractivity (Wildman–Crippen MR) is 104 cm³/mol. The van der Waals surface area contributed by atoms with Crippen molar-refractivity contribution in [2.24, 2.45) is 7.05 Å². The van der Waals surface area contributed by atoms with Crippen LogP contribution in [0.4, 0.5) is 4.79 Å². The fourth-order valence-corrected chi connectivity index (χ4v) is 4.44. The second kappa shape index (κ2) is 7.86. The second-order valence-electron chi connectivity index (χ2n) is 7.66. The first-order chi connectivity index (χ1) is 13.2. The van der Waals surface area contributed by atoms with Gasteiger partial charge >= 0.3 is 6.03 Å². The average Bonchev–Trinajstić information content (AvgIpc) is 3.29. The number of para-hydroxylation sites is 2. The fourth-order valence-electron chi connectivity index (χ4n) is 4.44. The Morgan fingerprint density at radius 1 is 1.22 bits per heavy atom. The zero-order chi connectivity index (χ0) is 18.8. The van der Waals surface area contributed by atoms with Crippen molar-refractivity contribution in [2.45, 2.75) is 37.8 Å². The van der Waals surface area contributed by atoms with Gasteiger partial charge in [0.25, 0.3) is 0 Å². The third kappa shape index (κ3) is 3.66. The van der Waals surface area contributed by atoms with Crippen LogP contribution in [0.15, 0.2) is 24.3 Å². The highest BCUT2D eigenvalue weighted by molar-refractivity contribution is 5.77. The Kier molecular flexibility index (Phi) is 5.31. The maximum atomic E-state index is 13.0. The number of aromatic nitrogens is 2. The summed E-state index contributed by atoms with van der Waals surface area (Å²) in [5, 5.41) is 12.3. The molecule has 2 aromatic rings. The van der Waals surface area contributed by atoms with Gasteiger partial charge < -0.3 is 24.8 Å². The van der Waals surface area contributed by atoms with E-state index in [0.717, 1.165) is 68.7 Å². The Morgan fingerprint density at radius 2 is 2.00 bits per heavy atom. The number of nitrogens with zero attached hydrogens (tertiary/aromatic N) is 4. The second-order valence-corrected chi connectivity index (χ2v) is 7.66. The number of rotatable bonds is 4. The third-order valence-corrected chi connectivity index (χ3v) is 5.96. The van der Waals surface area contributed by atoms with Crippen molar-refractivity contribution in [1.82, 2.24) is 24.7 Å². The molecule has 2 saturated heterocycles. The molecule has 146 valence electrons. The first kappa shape index (κ1) is 18.3. The van der Waals surface area contributed by atoms with Gasteiger partial charge in [0.05, 0.1) is 23.7 Å². The highest BCUT2D eigenvalue weighted by Crippen LogP contribution is 2.33. The zero-order valence-corrected chi connectivity index (χ0v) is 16.0. The monoisotopic (exact) mass is 371 g/mol. The van der Waals surface area contributed by atoms with Crippen LogP contribution in [0.5, 0.6) is 0 Å². The lowest BCUT2D eigenvalue weighted by atomic mass is 10.1. The quantitative estimate of drug-likeness (QED) is 0.861. The van der Waals surface area contributed by atoms with Gasteiger partial charge in [0, 0.05) is 39.3 Å². The maximum absolute atomic E-state index is 13.0. The van der Waals surface area contributed by atoms with Crippen molar-refractivity contribution < 1.29 is 9.90 Å². The van der Waals surface area contributed by atoms with Crippen molar-refractivity contribution in [3.63, 3.8) is 0 Å². The molecule has 0 bridgehead atoms. The minimum absolute atomic E-state index is 0.0326. The van der Waals surface area contributed by atoms with Crippen LogP contribution in [0.2, 0.25) is 0 Å². The Balaban J connectivity index is 1.43. The number of hydrogen-bond donors (Lipinski definition) is 2. The number of fused-ring (bicyclic) bond motifs is 1. The molecule has 2 amide bonds. The molecular weight excluding hydrogens is 342 g/mol. The number of benzene rings is 1. The van der Waals surface area contributed by atoms with Crippen LogP contribution in [0.25, 0.3) is 11.0 Å². The highest BCUT2D eigenvalue weighted by atomic mass is 16.3. The van der Waals surface area contributed by atoms with Gasteiger partial charge in [0.15, 0.2) is 0 Å². The van der Waals surface area contributed by atoms with Gasteiger partial charge in [-0.25, -0.2) is 9.78 Å². The number of carbonyl (C=O) groups is 1. The number of nitrogens with one attached hydrogen (secondary N) is 1. The molecule has 7 nitrogen and oxygen atoms in total. The molecule has 0 radical (unpaired) electrons. The molecule has 0 spiro atoms. The van der Waals surface area contributed by atoms with Crippen LogP contribution in [-0.4, -0.2) is 69.3 Å². The lowest BCUT2D eigenvalue weighted by molar-refractivity contribution is 0.148. The van der Waals surface area contributed by atoms with E-state index in [9.17, 15) is 4.79 Å².